The predicted octanol–water partition coefficient (Wildman–Crippen LogP) is 4.92. The Morgan fingerprint density at radius 3 is 2.75 bits per heavy atom. The maximum atomic E-state index is 13.0. The second-order valence-electron chi connectivity index (χ2n) is 7.00. The highest BCUT2D eigenvalue weighted by Gasteiger charge is 2.22. The number of aryl methyl sites for hydroxylation is 1. The molecule has 1 aliphatic heterocycles. The Kier molecular flexibility index (Phi) is 7.27. The molecule has 0 aliphatic carbocycles. The third-order valence-corrected chi connectivity index (χ3v) is 6.05. The smallest absolute Gasteiger partial charge is 0.252 e. The summed E-state index contributed by atoms with van der Waals surface area (Å²) in [6, 6.07) is 12.1. The fourth-order valence-electron chi connectivity index (χ4n) is 3.45. The minimum absolute atomic E-state index is 0.0371. The van der Waals surface area contributed by atoms with Crippen LogP contribution in [0.15, 0.2) is 41.3 Å². The van der Waals surface area contributed by atoms with Crippen LogP contribution in [0.25, 0.3) is 0 Å². The van der Waals surface area contributed by atoms with Gasteiger partial charge in [0, 0.05) is 34.7 Å². The number of ether oxygens (including phenoxy) is 1. The van der Waals surface area contributed by atoms with Crippen molar-refractivity contribution in [2.75, 3.05) is 30.4 Å². The highest BCUT2D eigenvalue weighted by atomic mass is 35.5. The molecule has 0 radical (unpaired) electrons. The van der Waals surface area contributed by atoms with Crippen molar-refractivity contribution >= 4 is 35.0 Å². The number of nitrogens with zero attached hydrogens (tertiary/aromatic N) is 1. The van der Waals surface area contributed by atoms with Crippen LogP contribution in [0, 0.1) is 6.92 Å². The Bertz CT molecular complexity index is 826. The summed E-state index contributed by atoms with van der Waals surface area (Å²) in [5.41, 5.74) is 3.96. The van der Waals surface area contributed by atoms with Crippen LogP contribution in [0.4, 0.5) is 5.69 Å². The normalized spacial score (nSPS) is 16.9. The summed E-state index contributed by atoms with van der Waals surface area (Å²) < 4.78 is 5.57. The van der Waals surface area contributed by atoms with Gasteiger partial charge >= 0.3 is 0 Å². The molecule has 1 saturated heterocycles. The van der Waals surface area contributed by atoms with Crippen LogP contribution in [-0.2, 0) is 11.3 Å². The van der Waals surface area contributed by atoms with Crippen LogP contribution in [0.3, 0.4) is 0 Å². The fourth-order valence-corrected chi connectivity index (χ4v) is 4.49. The molecule has 2 aromatic carbocycles. The van der Waals surface area contributed by atoms with Gasteiger partial charge in [-0.05, 0) is 55.0 Å². The van der Waals surface area contributed by atoms with Crippen molar-refractivity contribution in [3.8, 4) is 0 Å². The molecular formula is C22H27ClN2O2S. The van der Waals surface area contributed by atoms with E-state index in [0.29, 0.717) is 17.6 Å². The molecule has 1 fully saturated rings. The Morgan fingerprint density at radius 1 is 1.32 bits per heavy atom. The van der Waals surface area contributed by atoms with E-state index in [0.717, 1.165) is 47.1 Å². The maximum Gasteiger partial charge on any atom is 0.252 e. The van der Waals surface area contributed by atoms with E-state index in [9.17, 15) is 4.79 Å². The zero-order valence-electron chi connectivity index (χ0n) is 16.6. The van der Waals surface area contributed by atoms with E-state index < -0.39 is 0 Å². The number of carbonyl (C=O) groups excluding carboxylic acids is 1. The van der Waals surface area contributed by atoms with Crippen LogP contribution in [0.5, 0.6) is 0 Å². The molecule has 1 unspecified atom stereocenters. The second-order valence-corrected chi connectivity index (χ2v) is 8.74. The highest BCUT2D eigenvalue weighted by molar-refractivity contribution is 7.99. The molecule has 0 aromatic heterocycles. The lowest BCUT2D eigenvalue weighted by molar-refractivity contribution is 0.0946. The highest BCUT2D eigenvalue weighted by Crippen LogP contribution is 2.32. The molecule has 1 heterocycles. The number of hydrogen-bond donors (Lipinski definition) is 1. The van der Waals surface area contributed by atoms with E-state index in [1.165, 1.54) is 5.69 Å². The van der Waals surface area contributed by atoms with Gasteiger partial charge in [-0.3, -0.25) is 4.79 Å². The van der Waals surface area contributed by atoms with Gasteiger partial charge in [0.15, 0.2) is 0 Å². The summed E-state index contributed by atoms with van der Waals surface area (Å²) >= 11 is 7.64. The molecule has 0 bridgehead atoms. The summed E-state index contributed by atoms with van der Waals surface area (Å²) in [4.78, 5) is 16.4. The zero-order valence-corrected chi connectivity index (χ0v) is 18.2. The van der Waals surface area contributed by atoms with Crippen LogP contribution < -0.4 is 10.2 Å². The fraction of sp³-hybridized carbons (Fsp3) is 0.409. The van der Waals surface area contributed by atoms with Crippen molar-refractivity contribution in [2.24, 2.45) is 0 Å². The molecule has 1 N–H and O–H groups in total. The van der Waals surface area contributed by atoms with E-state index in [1.54, 1.807) is 11.8 Å². The van der Waals surface area contributed by atoms with Crippen LogP contribution in [0.1, 0.15) is 35.3 Å². The van der Waals surface area contributed by atoms with E-state index in [1.807, 2.05) is 31.2 Å². The molecule has 28 heavy (non-hydrogen) atoms. The lowest BCUT2D eigenvalue weighted by Crippen LogP contribution is -2.43. The van der Waals surface area contributed by atoms with Gasteiger partial charge in [-0.1, -0.05) is 30.7 Å². The molecule has 1 aliphatic rings. The van der Waals surface area contributed by atoms with E-state index in [2.05, 4.69) is 36.2 Å². The summed E-state index contributed by atoms with van der Waals surface area (Å²) in [5.74, 6) is 0.879. The van der Waals surface area contributed by atoms with Gasteiger partial charge in [0.05, 0.1) is 18.8 Å². The van der Waals surface area contributed by atoms with Gasteiger partial charge < -0.3 is 15.0 Å². The molecule has 1 atom stereocenters. The number of halogens is 1. The van der Waals surface area contributed by atoms with Crippen LogP contribution in [-0.4, -0.2) is 37.5 Å². The summed E-state index contributed by atoms with van der Waals surface area (Å²) in [5, 5.41) is 3.75. The number of hydrogen-bond acceptors (Lipinski definition) is 4. The number of benzene rings is 2. The first kappa shape index (κ1) is 21.0. The van der Waals surface area contributed by atoms with Gasteiger partial charge in [0.25, 0.3) is 5.91 Å². The lowest BCUT2D eigenvalue weighted by atomic mass is 10.0. The largest absolute Gasteiger partial charge is 0.377 e. The Labute approximate surface area is 176 Å². The van der Waals surface area contributed by atoms with Crippen molar-refractivity contribution < 1.29 is 9.53 Å². The van der Waals surface area contributed by atoms with Crippen molar-refractivity contribution in [3.63, 3.8) is 0 Å². The van der Waals surface area contributed by atoms with Crippen molar-refractivity contribution in [3.05, 3.63) is 58.1 Å². The molecule has 150 valence electrons. The predicted molar refractivity (Wildman–Crippen MR) is 118 cm³/mol. The number of anilines is 1. The minimum atomic E-state index is -0.0371. The SMILES string of the molecule is CCSc1cc(N2CCOCC2C)cc(C)c1C(=O)NCc1ccc(Cl)cc1. The van der Waals surface area contributed by atoms with Crippen molar-refractivity contribution in [1.29, 1.82) is 0 Å². The van der Waals surface area contributed by atoms with Crippen LogP contribution >= 0.6 is 23.4 Å². The van der Waals surface area contributed by atoms with Gasteiger partial charge in [-0.2, -0.15) is 0 Å². The zero-order chi connectivity index (χ0) is 20.1. The monoisotopic (exact) mass is 418 g/mol. The third-order valence-electron chi connectivity index (χ3n) is 4.88. The van der Waals surface area contributed by atoms with Gasteiger partial charge in [0.1, 0.15) is 0 Å². The topological polar surface area (TPSA) is 41.6 Å². The molecule has 2 aromatic rings. The first-order valence-corrected chi connectivity index (χ1v) is 11.0. The maximum absolute atomic E-state index is 13.0. The average Bonchev–Trinajstić information content (AvgIpc) is 2.67. The Morgan fingerprint density at radius 2 is 2.07 bits per heavy atom. The lowest BCUT2D eigenvalue weighted by Gasteiger charge is -2.36. The van der Waals surface area contributed by atoms with Crippen molar-refractivity contribution in [2.45, 2.75) is 38.3 Å². The minimum Gasteiger partial charge on any atom is -0.377 e. The molecular weight excluding hydrogens is 392 g/mol. The molecule has 6 heteroatoms. The summed E-state index contributed by atoms with van der Waals surface area (Å²) in [6.45, 7) is 9.13. The number of carbonyl (C=O) groups is 1. The number of rotatable bonds is 6. The molecule has 3 rings (SSSR count). The average molecular weight is 419 g/mol. The molecule has 4 nitrogen and oxygen atoms in total. The van der Waals surface area contributed by atoms with Gasteiger partial charge in [-0.15, -0.1) is 11.8 Å². The summed E-state index contributed by atoms with van der Waals surface area (Å²) in [7, 11) is 0. The first-order valence-electron chi connectivity index (χ1n) is 9.64. The molecule has 1 amide bonds. The quantitative estimate of drug-likeness (QED) is 0.676. The first-order chi connectivity index (χ1) is 13.5. The molecule has 0 spiro atoms. The number of morpholine rings is 1. The van der Waals surface area contributed by atoms with Crippen molar-refractivity contribution in [1.82, 2.24) is 5.32 Å². The Balaban J connectivity index is 1.82. The number of nitrogens with one attached hydrogen (secondary N) is 1. The number of thioether (sulfide) groups is 1. The molecule has 0 saturated carbocycles. The van der Waals surface area contributed by atoms with E-state index >= 15 is 0 Å². The standard InChI is InChI=1S/C22H27ClN2O2S/c1-4-28-20-12-19(25-9-10-27-14-16(25)3)11-15(2)21(20)22(26)24-13-17-5-7-18(23)8-6-17/h5-8,11-12,16H,4,9-10,13-14H2,1-3H3,(H,24,26). The Hall–Kier alpha value is -1.69. The van der Waals surface area contributed by atoms with Gasteiger partial charge in [0.2, 0.25) is 0 Å². The van der Waals surface area contributed by atoms with E-state index in [4.69, 9.17) is 16.3 Å². The number of amides is 1. The second kappa shape index (κ2) is 9.68. The summed E-state index contributed by atoms with van der Waals surface area (Å²) in [6.07, 6.45) is 0. The van der Waals surface area contributed by atoms with E-state index in [-0.39, 0.29) is 5.91 Å². The van der Waals surface area contributed by atoms with Crippen LogP contribution in [0.2, 0.25) is 5.02 Å². The third kappa shape index (κ3) is 5.02. The van der Waals surface area contributed by atoms with Gasteiger partial charge in [-0.25, -0.2) is 0 Å².